The minimum absolute atomic E-state index is 0.0734. The van der Waals surface area contributed by atoms with Gasteiger partial charge < -0.3 is 10.6 Å². The highest BCUT2D eigenvalue weighted by Crippen LogP contribution is 2.20. The highest BCUT2D eigenvalue weighted by Gasteiger charge is 2.22. The van der Waals surface area contributed by atoms with Gasteiger partial charge >= 0.3 is 0 Å². The summed E-state index contributed by atoms with van der Waals surface area (Å²) in [5, 5.41) is 15.0. The summed E-state index contributed by atoms with van der Waals surface area (Å²) in [7, 11) is 1.72. The molecule has 0 aromatic heterocycles. The van der Waals surface area contributed by atoms with E-state index in [-0.39, 0.29) is 23.7 Å². The van der Waals surface area contributed by atoms with Crippen molar-refractivity contribution in [3.05, 3.63) is 47.1 Å². The maximum Gasteiger partial charge on any atom is 0.234 e. The number of nitriles is 1. The van der Waals surface area contributed by atoms with Crippen molar-refractivity contribution in [1.82, 2.24) is 10.6 Å². The van der Waals surface area contributed by atoms with Crippen molar-refractivity contribution < 1.29 is 4.79 Å². The van der Waals surface area contributed by atoms with Gasteiger partial charge in [0.2, 0.25) is 5.91 Å². The lowest BCUT2D eigenvalue weighted by Crippen LogP contribution is -2.45. The summed E-state index contributed by atoms with van der Waals surface area (Å²) >= 11 is 1.72. The van der Waals surface area contributed by atoms with Crippen LogP contribution in [0.25, 0.3) is 0 Å². The molecule has 5 heteroatoms. The lowest BCUT2D eigenvalue weighted by Gasteiger charge is -2.23. The first-order valence-corrected chi connectivity index (χ1v) is 11.3. The van der Waals surface area contributed by atoms with E-state index in [1.54, 1.807) is 18.8 Å². The second-order valence-corrected chi connectivity index (χ2v) is 9.12. The molecule has 29 heavy (non-hydrogen) atoms. The lowest BCUT2D eigenvalue weighted by molar-refractivity contribution is -0.120. The van der Waals surface area contributed by atoms with E-state index in [1.807, 2.05) is 6.92 Å². The average molecular weight is 418 g/mol. The molecule has 0 saturated carbocycles. The minimum atomic E-state index is -0.342. The van der Waals surface area contributed by atoms with Gasteiger partial charge in [-0.05, 0) is 60.4 Å². The zero-order chi connectivity index (χ0) is 22.2. The van der Waals surface area contributed by atoms with Crippen molar-refractivity contribution in [3.63, 3.8) is 0 Å². The molecule has 0 aliphatic heterocycles. The van der Waals surface area contributed by atoms with E-state index < -0.39 is 0 Å². The number of hydrogen-bond acceptors (Lipinski definition) is 4. The molecule has 0 heterocycles. The molecule has 0 spiro atoms. The largest absolute Gasteiger partial charge is 0.346 e. The Labute approximate surface area is 182 Å². The number of amides is 1. The Bertz CT molecular complexity index is 652. The van der Waals surface area contributed by atoms with E-state index in [9.17, 15) is 10.1 Å². The molecular formula is C24H39N3OS. The molecule has 2 N–H and O–H groups in total. The van der Waals surface area contributed by atoms with Gasteiger partial charge in [0.05, 0.1) is 18.7 Å². The second kappa shape index (κ2) is 16.1. The fourth-order valence-electron chi connectivity index (χ4n) is 2.72. The number of allylic oxidation sites excluding steroid dienone is 5. The van der Waals surface area contributed by atoms with Gasteiger partial charge in [0.15, 0.2) is 0 Å². The third kappa shape index (κ3) is 13.9. The summed E-state index contributed by atoms with van der Waals surface area (Å²) in [5.74, 6) is 0.729. The fourth-order valence-corrected chi connectivity index (χ4v) is 3.83. The minimum Gasteiger partial charge on any atom is -0.346 e. The summed E-state index contributed by atoms with van der Waals surface area (Å²) in [6, 6.07) is 1.74. The van der Waals surface area contributed by atoms with Crippen LogP contribution in [-0.2, 0) is 4.79 Å². The molecule has 0 aromatic rings. The van der Waals surface area contributed by atoms with Crippen LogP contribution in [-0.4, -0.2) is 36.5 Å². The lowest BCUT2D eigenvalue weighted by atomic mass is 10.1. The Morgan fingerprint density at radius 2 is 1.69 bits per heavy atom. The number of thioether (sulfide) groups is 1. The zero-order valence-electron chi connectivity index (χ0n) is 19.1. The molecule has 1 amide bonds. The monoisotopic (exact) mass is 417 g/mol. The van der Waals surface area contributed by atoms with Crippen LogP contribution in [0.5, 0.6) is 0 Å². The highest BCUT2D eigenvalue weighted by molar-refractivity contribution is 8.00. The van der Waals surface area contributed by atoms with Crippen LogP contribution in [0.3, 0.4) is 0 Å². The standard InChI is InChI=1S/C24H39N3OS/c1-18(2)10-8-11-19(3)12-9-13-20(4)14-15-29-22(6)24(21(5)16-25)27-23(28)17-26-7/h10,12,14,22,24,26H,5,8-9,11,13,15,17H2,1-4,6-7H3,(H,27,28)/b19-12+,20-14+. The zero-order valence-corrected chi connectivity index (χ0v) is 19.9. The maximum atomic E-state index is 11.9. The molecule has 0 bridgehead atoms. The van der Waals surface area contributed by atoms with Crippen molar-refractivity contribution in [1.29, 1.82) is 5.26 Å². The maximum absolute atomic E-state index is 11.9. The molecule has 0 aliphatic rings. The molecule has 0 fully saturated rings. The SMILES string of the molecule is C=C(C#N)C(NC(=O)CNC)C(C)SC/C=C(\C)CC/C=C(\C)CCC=C(C)C. The third-order valence-corrected chi connectivity index (χ3v) is 5.71. The van der Waals surface area contributed by atoms with Crippen LogP contribution in [0.1, 0.15) is 60.3 Å². The van der Waals surface area contributed by atoms with Crippen LogP contribution in [0, 0.1) is 11.3 Å². The summed E-state index contributed by atoms with van der Waals surface area (Å²) in [4.78, 5) is 11.9. The van der Waals surface area contributed by atoms with E-state index in [0.29, 0.717) is 5.57 Å². The molecule has 0 aromatic carbocycles. The predicted molar refractivity (Wildman–Crippen MR) is 128 cm³/mol. The smallest absolute Gasteiger partial charge is 0.234 e. The molecule has 2 unspecified atom stereocenters. The molecular weight excluding hydrogens is 378 g/mol. The van der Waals surface area contributed by atoms with E-state index in [2.05, 4.69) is 69.2 Å². The van der Waals surface area contributed by atoms with Crippen molar-refractivity contribution in [2.45, 2.75) is 71.6 Å². The van der Waals surface area contributed by atoms with E-state index in [4.69, 9.17) is 0 Å². The molecule has 4 nitrogen and oxygen atoms in total. The highest BCUT2D eigenvalue weighted by atomic mass is 32.2. The van der Waals surface area contributed by atoms with Gasteiger partial charge in [-0.15, -0.1) is 0 Å². The Morgan fingerprint density at radius 3 is 2.24 bits per heavy atom. The van der Waals surface area contributed by atoms with E-state index in [0.717, 1.165) is 31.4 Å². The summed E-state index contributed by atoms with van der Waals surface area (Å²) in [6.45, 7) is 14.7. The summed E-state index contributed by atoms with van der Waals surface area (Å²) < 4.78 is 0. The van der Waals surface area contributed by atoms with Gasteiger partial charge in [-0.25, -0.2) is 0 Å². The first-order chi connectivity index (χ1) is 13.7. The molecule has 2 atom stereocenters. The summed E-state index contributed by atoms with van der Waals surface area (Å²) in [6.07, 6.45) is 11.2. The number of hydrogen-bond donors (Lipinski definition) is 2. The average Bonchev–Trinajstić information content (AvgIpc) is 2.65. The Morgan fingerprint density at radius 1 is 1.10 bits per heavy atom. The van der Waals surface area contributed by atoms with Crippen LogP contribution >= 0.6 is 11.8 Å². The normalized spacial score (nSPS) is 14.0. The quantitative estimate of drug-likeness (QED) is 0.297. The number of carbonyl (C=O) groups excluding carboxylic acids is 1. The van der Waals surface area contributed by atoms with Gasteiger partial charge in [-0.2, -0.15) is 17.0 Å². The van der Waals surface area contributed by atoms with Crippen LogP contribution in [0.4, 0.5) is 0 Å². The molecule has 162 valence electrons. The van der Waals surface area contributed by atoms with Gasteiger partial charge in [0.1, 0.15) is 0 Å². The molecule has 0 saturated heterocycles. The second-order valence-electron chi connectivity index (χ2n) is 7.71. The van der Waals surface area contributed by atoms with Crippen molar-refractivity contribution in [2.24, 2.45) is 0 Å². The van der Waals surface area contributed by atoms with Crippen molar-refractivity contribution >= 4 is 17.7 Å². The van der Waals surface area contributed by atoms with Crippen LogP contribution in [0.15, 0.2) is 47.1 Å². The Hall–Kier alpha value is -1.77. The number of carbonyl (C=O) groups is 1. The first kappa shape index (κ1) is 27.2. The fraction of sp³-hybridized carbons (Fsp3) is 0.583. The van der Waals surface area contributed by atoms with Gasteiger partial charge in [0, 0.05) is 16.6 Å². The molecule has 0 radical (unpaired) electrons. The van der Waals surface area contributed by atoms with Crippen LogP contribution < -0.4 is 10.6 Å². The predicted octanol–water partition coefficient (Wildman–Crippen LogP) is 5.31. The number of likely N-dealkylation sites (N-methyl/N-ethyl adjacent to an activating group) is 1. The number of rotatable bonds is 14. The summed E-state index contributed by atoms with van der Waals surface area (Å²) in [5.41, 5.74) is 4.59. The van der Waals surface area contributed by atoms with E-state index in [1.165, 1.54) is 16.7 Å². The number of nitrogens with zero attached hydrogens (tertiary/aromatic N) is 1. The topological polar surface area (TPSA) is 64.9 Å². The molecule has 0 aliphatic carbocycles. The van der Waals surface area contributed by atoms with Gasteiger partial charge in [-0.1, -0.05) is 48.5 Å². The first-order valence-electron chi connectivity index (χ1n) is 10.3. The molecule has 0 rings (SSSR count). The Kier molecular flexibility index (Phi) is 15.1. The van der Waals surface area contributed by atoms with Crippen molar-refractivity contribution in [2.75, 3.05) is 19.3 Å². The van der Waals surface area contributed by atoms with Gasteiger partial charge in [-0.3, -0.25) is 4.79 Å². The number of nitrogens with one attached hydrogen (secondary N) is 2. The van der Waals surface area contributed by atoms with E-state index >= 15 is 0 Å². The third-order valence-electron chi connectivity index (χ3n) is 4.56. The van der Waals surface area contributed by atoms with Crippen LogP contribution in [0.2, 0.25) is 0 Å². The van der Waals surface area contributed by atoms with Gasteiger partial charge in [0.25, 0.3) is 0 Å². The Balaban J connectivity index is 4.47. The van der Waals surface area contributed by atoms with Crippen molar-refractivity contribution in [3.8, 4) is 6.07 Å².